The highest BCUT2D eigenvalue weighted by Gasteiger charge is 2.14. The summed E-state index contributed by atoms with van der Waals surface area (Å²) in [6, 6.07) is 0. The highest BCUT2D eigenvalue weighted by molar-refractivity contribution is 5.22. The summed E-state index contributed by atoms with van der Waals surface area (Å²) in [6.07, 6.45) is 4.47. The number of aromatic nitrogens is 2. The van der Waals surface area contributed by atoms with E-state index in [4.69, 9.17) is 10.8 Å². The van der Waals surface area contributed by atoms with Crippen molar-refractivity contribution in [1.29, 1.82) is 0 Å². The summed E-state index contributed by atoms with van der Waals surface area (Å²) in [6.45, 7) is 5.96. The molecule has 2 rings (SSSR count). The predicted molar refractivity (Wildman–Crippen MR) is 69.9 cm³/mol. The van der Waals surface area contributed by atoms with Gasteiger partial charge in [-0.1, -0.05) is 0 Å². The lowest BCUT2D eigenvalue weighted by atomic mass is 10.3. The summed E-state index contributed by atoms with van der Waals surface area (Å²) in [4.78, 5) is 13.0. The molecule has 1 aromatic rings. The van der Waals surface area contributed by atoms with Crippen molar-refractivity contribution < 1.29 is 5.11 Å². The molecule has 0 aliphatic carbocycles. The number of anilines is 1. The zero-order chi connectivity index (χ0) is 12.8. The SMILES string of the molecule is Nc1cnc(CN2CCCN(CCO)CC2)cn1. The van der Waals surface area contributed by atoms with Gasteiger partial charge < -0.3 is 10.8 Å². The summed E-state index contributed by atoms with van der Waals surface area (Å²) in [5.74, 6) is 0.462. The largest absolute Gasteiger partial charge is 0.395 e. The molecule has 1 aliphatic heterocycles. The number of aliphatic hydroxyl groups is 1. The van der Waals surface area contributed by atoms with E-state index in [1.54, 1.807) is 12.4 Å². The molecule has 3 N–H and O–H groups in total. The average molecular weight is 251 g/mol. The van der Waals surface area contributed by atoms with Crippen molar-refractivity contribution in [2.24, 2.45) is 0 Å². The Morgan fingerprint density at radius 3 is 2.61 bits per heavy atom. The second kappa shape index (κ2) is 6.63. The maximum atomic E-state index is 8.95. The fraction of sp³-hybridized carbons (Fsp3) is 0.667. The number of β-amino-alcohol motifs (C(OH)–C–C–N with tert-alkyl or cyclic N) is 1. The highest BCUT2D eigenvalue weighted by Crippen LogP contribution is 2.07. The van der Waals surface area contributed by atoms with Crippen molar-refractivity contribution in [3.05, 3.63) is 18.1 Å². The summed E-state index contributed by atoms with van der Waals surface area (Å²) >= 11 is 0. The van der Waals surface area contributed by atoms with Crippen LogP contribution in [0, 0.1) is 0 Å². The maximum absolute atomic E-state index is 8.95. The lowest BCUT2D eigenvalue weighted by molar-refractivity contribution is 0.195. The van der Waals surface area contributed by atoms with E-state index < -0.39 is 0 Å². The van der Waals surface area contributed by atoms with Gasteiger partial charge in [0.1, 0.15) is 5.82 Å². The van der Waals surface area contributed by atoms with Crippen molar-refractivity contribution in [3.8, 4) is 0 Å². The minimum Gasteiger partial charge on any atom is -0.395 e. The molecular formula is C12H21N5O. The predicted octanol–water partition coefficient (Wildman–Crippen LogP) is -0.441. The molecule has 0 saturated carbocycles. The zero-order valence-corrected chi connectivity index (χ0v) is 10.6. The lowest BCUT2D eigenvalue weighted by Crippen LogP contribution is -2.32. The first-order chi connectivity index (χ1) is 8.78. The number of nitrogen functional groups attached to an aromatic ring is 1. The molecule has 6 nitrogen and oxygen atoms in total. The Labute approximate surface area is 107 Å². The Morgan fingerprint density at radius 2 is 1.89 bits per heavy atom. The number of aliphatic hydroxyl groups excluding tert-OH is 1. The van der Waals surface area contributed by atoms with Crippen LogP contribution >= 0.6 is 0 Å². The van der Waals surface area contributed by atoms with E-state index >= 15 is 0 Å². The van der Waals surface area contributed by atoms with Gasteiger partial charge >= 0.3 is 0 Å². The number of hydrogen-bond acceptors (Lipinski definition) is 6. The average Bonchev–Trinajstić information content (AvgIpc) is 2.59. The fourth-order valence-corrected chi connectivity index (χ4v) is 2.22. The summed E-state index contributed by atoms with van der Waals surface area (Å²) in [5.41, 5.74) is 6.48. The smallest absolute Gasteiger partial charge is 0.141 e. The molecule has 6 heteroatoms. The first kappa shape index (κ1) is 13.2. The van der Waals surface area contributed by atoms with Crippen LogP contribution in [0.3, 0.4) is 0 Å². The molecule has 1 saturated heterocycles. The third-order valence-electron chi connectivity index (χ3n) is 3.21. The van der Waals surface area contributed by atoms with Crippen LogP contribution in [0.15, 0.2) is 12.4 Å². The number of nitrogens with zero attached hydrogens (tertiary/aromatic N) is 4. The van der Waals surface area contributed by atoms with E-state index in [2.05, 4.69) is 19.8 Å². The van der Waals surface area contributed by atoms with E-state index in [1.807, 2.05) is 0 Å². The van der Waals surface area contributed by atoms with Gasteiger partial charge in [-0.25, -0.2) is 4.98 Å². The van der Waals surface area contributed by atoms with Crippen LogP contribution in [0.1, 0.15) is 12.1 Å². The Morgan fingerprint density at radius 1 is 1.11 bits per heavy atom. The van der Waals surface area contributed by atoms with Gasteiger partial charge in [-0.05, 0) is 19.5 Å². The molecule has 0 unspecified atom stereocenters. The zero-order valence-electron chi connectivity index (χ0n) is 10.6. The molecule has 0 aromatic carbocycles. The summed E-state index contributed by atoms with van der Waals surface area (Å²) in [7, 11) is 0. The van der Waals surface area contributed by atoms with Gasteiger partial charge in [0, 0.05) is 26.2 Å². The number of nitrogens with two attached hydrogens (primary N) is 1. The van der Waals surface area contributed by atoms with E-state index in [9.17, 15) is 0 Å². The molecule has 1 aliphatic rings. The van der Waals surface area contributed by atoms with Crippen LogP contribution in [0.2, 0.25) is 0 Å². The highest BCUT2D eigenvalue weighted by atomic mass is 16.3. The maximum Gasteiger partial charge on any atom is 0.141 e. The lowest BCUT2D eigenvalue weighted by Gasteiger charge is -2.20. The third kappa shape index (κ3) is 3.90. The Hall–Kier alpha value is -1.24. The van der Waals surface area contributed by atoms with Crippen molar-refractivity contribution in [3.63, 3.8) is 0 Å². The van der Waals surface area contributed by atoms with Gasteiger partial charge in [0.15, 0.2) is 0 Å². The Kier molecular flexibility index (Phi) is 4.86. The van der Waals surface area contributed by atoms with Gasteiger partial charge in [-0.15, -0.1) is 0 Å². The molecule has 1 aromatic heterocycles. The monoisotopic (exact) mass is 251 g/mol. The summed E-state index contributed by atoms with van der Waals surface area (Å²) in [5, 5.41) is 8.95. The molecule has 0 radical (unpaired) electrons. The van der Waals surface area contributed by atoms with Crippen LogP contribution < -0.4 is 5.73 Å². The second-order valence-corrected chi connectivity index (χ2v) is 4.63. The standard InChI is InChI=1S/C12H21N5O/c13-12-9-14-11(8-15-12)10-17-3-1-2-16(4-5-17)6-7-18/h8-9,18H,1-7,10H2,(H2,13,15). The molecule has 2 heterocycles. The topological polar surface area (TPSA) is 78.5 Å². The van der Waals surface area contributed by atoms with Crippen LogP contribution in [0.4, 0.5) is 5.82 Å². The molecule has 0 amide bonds. The second-order valence-electron chi connectivity index (χ2n) is 4.63. The van der Waals surface area contributed by atoms with E-state index in [0.717, 1.165) is 51.4 Å². The molecule has 18 heavy (non-hydrogen) atoms. The minimum absolute atomic E-state index is 0.240. The molecule has 100 valence electrons. The van der Waals surface area contributed by atoms with Crippen LogP contribution in [-0.4, -0.2) is 64.2 Å². The first-order valence-corrected chi connectivity index (χ1v) is 6.40. The molecule has 0 spiro atoms. The minimum atomic E-state index is 0.240. The molecular weight excluding hydrogens is 230 g/mol. The molecule has 0 bridgehead atoms. The van der Waals surface area contributed by atoms with Gasteiger partial charge in [-0.2, -0.15) is 0 Å². The van der Waals surface area contributed by atoms with Crippen LogP contribution in [0.5, 0.6) is 0 Å². The van der Waals surface area contributed by atoms with E-state index in [1.165, 1.54) is 0 Å². The molecule has 1 fully saturated rings. The van der Waals surface area contributed by atoms with Gasteiger partial charge in [0.2, 0.25) is 0 Å². The van der Waals surface area contributed by atoms with E-state index in [0.29, 0.717) is 5.82 Å². The van der Waals surface area contributed by atoms with Gasteiger partial charge in [0.25, 0.3) is 0 Å². The summed E-state index contributed by atoms with van der Waals surface area (Å²) < 4.78 is 0. The van der Waals surface area contributed by atoms with Gasteiger partial charge in [-0.3, -0.25) is 14.8 Å². The number of rotatable bonds is 4. The normalized spacial score (nSPS) is 18.7. The Bertz CT molecular complexity index is 356. The Balaban J connectivity index is 1.84. The van der Waals surface area contributed by atoms with Crippen molar-refractivity contribution >= 4 is 5.82 Å². The fourth-order valence-electron chi connectivity index (χ4n) is 2.22. The molecule has 0 atom stereocenters. The van der Waals surface area contributed by atoms with Crippen LogP contribution in [-0.2, 0) is 6.54 Å². The van der Waals surface area contributed by atoms with Crippen molar-refractivity contribution in [1.82, 2.24) is 19.8 Å². The van der Waals surface area contributed by atoms with E-state index in [-0.39, 0.29) is 6.61 Å². The quantitative estimate of drug-likeness (QED) is 0.755. The van der Waals surface area contributed by atoms with Crippen molar-refractivity contribution in [2.45, 2.75) is 13.0 Å². The van der Waals surface area contributed by atoms with Crippen LogP contribution in [0.25, 0.3) is 0 Å². The number of hydrogen-bond donors (Lipinski definition) is 2. The third-order valence-corrected chi connectivity index (χ3v) is 3.21. The first-order valence-electron chi connectivity index (χ1n) is 6.40. The van der Waals surface area contributed by atoms with Crippen molar-refractivity contribution in [2.75, 3.05) is 45.1 Å². The van der Waals surface area contributed by atoms with Gasteiger partial charge in [0.05, 0.1) is 24.7 Å².